The minimum Gasteiger partial charge on any atom is -0.487 e. The van der Waals surface area contributed by atoms with Crippen LogP contribution in [0.25, 0.3) is 0 Å². The van der Waals surface area contributed by atoms with E-state index in [0.29, 0.717) is 12.4 Å². The molecule has 2 rings (SSSR count). The van der Waals surface area contributed by atoms with Gasteiger partial charge in [0.2, 0.25) is 0 Å². The average Bonchev–Trinajstić information content (AvgIpc) is 2.40. The fourth-order valence-corrected chi connectivity index (χ4v) is 1.54. The Hall–Kier alpha value is -1.94. The number of benzene rings is 1. The summed E-state index contributed by atoms with van der Waals surface area (Å²) in [6.45, 7) is 1.18. The summed E-state index contributed by atoms with van der Waals surface area (Å²) in [7, 11) is 1.89. The number of pyridine rings is 1. The molecular weight excluding hydrogens is 231 g/mol. The first kappa shape index (κ1) is 12.5. The van der Waals surface area contributed by atoms with Gasteiger partial charge in [0.15, 0.2) is 0 Å². The fourth-order valence-electron chi connectivity index (χ4n) is 1.54. The summed E-state index contributed by atoms with van der Waals surface area (Å²) in [4.78, 5) is 4.29. The molecule has 0 saturated heterocycles. The highest BCUT2D eigenvalue weighted by molar-refractivity contribution is 5.22. The van der Waals surface area contributed by atoms with Gasteiger partial charge in [-0.1, -0.05) is 6.07 Å². The van der Waals surface area contributed by atoms with Gasteiger partial charge in [-0.3, -0.25) is 4.98 Å². The van der Waals surface area contributed by atoms with Crippen LogP contribution in [0.2, 0.25) is 0 Å². The SMILES string of the molecule is CNCc1ccc(COc2ccc(F)cc2)nc1. The van der Waals surface area contributed by atoms with Gasteiger partial charge >= 0.3 is 0 Å². The Labute approximate surface area is 106 Å². The Morgan fingerprint density at radius 1 is 1.17 bits per heavy atom. The summed E-state index contributed by atoms with van der Waals surface area (Å²) in [6.07, 6.45) is 1.82. The summed E-state index contributed by atoms with van der Waals surface area (Å²) in [5, 5.41) is 3.06. The van der Waals surface area contributed by atoms with Gasteiger partial charge in [0, 0.05) is 12.7 Å². The molecule has 3 nitrogen and oxygen atoms in total. The summed E-state index contributed by atoms with van der Waals surface area (Å²) in [5.41, 5.74) is 1.97. The van der Waals surface area contributed by atoms with Crippen molar-refractivity contribution in [3.8, 4) is 5.75 Å². The second-order valence-corrected chi connectivity index (χ2v) is 3.93. The van der Waals surface area contributed by atoms with Crippen LogP contribution in [0, 0.1) is 5.82 Å². The van der Waals surface area contributed by atoms with Crippen LogP contribution in [0.1, 0.15) is 11.3 Å². The van der Waals surface area contributed by atoms with Crippen LogP contribution in [0.5, 0.6) is 5.75 Å². The molecule has 94 valence electrons. The molecule has 0 atom stereocenters. The highest BCUT2D eigenvalue weighted by Gasteiger charge is 1.98. The van der Waals surface area contributed by atoms with Gasteiger partial charge in [0.1, 0.15) is 18.2 Å². The van der Waals surface area contributed by atoms with E-state index < -0.39 is 0 Å². The van der Waals surface area contributed by atoms with Crippen molar-refractivity contribution in [3.05, 3.63) is 59.7 Å². The van der Waals surface area contributed by atoms with Gasteiger partial charge in [0.05, 0.1) is 5.69 Å². The topological polar surface area (TPSA) is 34.1 Å². The predicted octanol–water partition coefficient (Wildman–Crippen LogP) is 2.52. The monoisotopic (exact) mass is 246 g/mol. The van der Waals surface area contributed by atoms with Gasteiger partial charge in [-0.15, -0.1) is 0 Å². The number of hydrogen-bond acceptors (Lipinski definition) is 3. The molecule has 0 aliphatic heterocycles. The first-order valence-electron chi connectivity index (χ1n) is 5.74. The lowest BCUT2D eigenvalue weighted by molar-refractivity contribution is 0.301. The van der Waals surface area contributed by atoms with E-state index in [1.54, 1.807) is 12.1 Å². The largest absolute Gasteiger partial charge is 0.487 e. The summed E-state index contributed by atoms with van der Waals surface area (Å²) in [5.74, 6) is 0.370. The second kappa shape index (κ2) is 6.12. The van der Waals surface area contributed by atoms with E-state index in [1.807, 2.05) is 25.4 Å². The first-order valence-corrected chi connectivity index (χ1v) is 5.74. The third-order valence-electron chi connectivity index (χ3n) is 2.47. The number of aromatic nitrogens is 1. The predicted molar refractivity (Wildman–Crippen MR) is 67.7 cm³/mol. The Bertz CT molecular complexity index is 482. The smallest absolute Gasteiger partial charge is 0.130 e. The second-order valence-electron chi connectivity index (χ2n) is 3.93. The van der Waals surface area contributed by atoms with E-state index in [0.717, 1.165) is 17.8 Å². The Balaban J connectivity index is 1.91. The van der Waals surface area contributed by atoms with Gasteiger partial charge in [-0.25, -0.2) is 4.39 Å². The quantitative estimate of drug-likeness (QED) is 0.880. The van der Waals surface area contributed by atoms with E-state index in [4.69, 9.17) is 4.74 Å². The normalized spacial score (nSPS) is 10.3. The number of nitrogens with zero attached hydrogens (tertiary/aromatic N) is 1. The molecule has 1 aromatic heterocycles. The standard InChI is InChI=1S/C14H15FN2O/c1-16-8-11-2-5-13(17-9-11)10-18-14-6-3-12(15)4-7-14/h2-7,9,16H,8,10H2,1H3. The van der Waals surface area contributed by atoms with Gasteiger partial charge in [0.25, 0.3) is 0 Å². The van der Waals surface area contributed by atoms with Crippen molar-refractivity contribution >= 4 is 0 Å². The minimum absolute atomic E-state index is 0.267. The van der Waals surface area contributed by atoms with Crippen molar-refractivity contribution in [1.29, 1.82) is 0 Å². The van der Waals surface area contributed by atoms with Crippen LogP contribution in [-0.4, -0.2) is 12.0 Å². The van der Waals surface area contributed by atoms with Crippen LogP contribution in [0.3, 0.4) is 0 Å². The van der Waals surface area contributed by atoms with Crippen LogP contribution in [0.4, 0.5) is 4.39 Å². The zero-order chi connectivity index (χ0) is 12.8. The number of halogens is 1. The van der Waals surface area contributed by atoms with E-state index in [9.17, 15) is 4.39 Å². The molecule has 4 heteroatoms. The van der Waals surface area contributed by atoms with Crippen LogP contribution < -0.4 is 10.1 Å². The maximum atomic E-state index is 12.7. The molecule has 0 aliphatic carbocycles. The number of ether oxygens (including phenoxy) is 1. The summed E-state index contributed by atoms with van der Waals surface area (Å²) >= 11 is 0. The van der Waals surface area contributed by atoms with Crippen LogP contribution >= 0.6 is 0 Å². The van der Waals surface area contributed by atoms with Crippen molar-refractivity contribution < 1.29 is 9.13 Å². The van der Waals surface area contributed by atoms with E-state index >= 15 is 0 Å². The zero-order valence-electron chi connectivity index (χ0n) is 10.2. The van der Waals surface area contributed by atoms with Gasteiger partial charge in [-0.05, 0) is 42.9 Å². The molecule has 0 unspecified atom stereocenters. The number of rotatable bonds is 5. The third-order valence-corrected chi connectivity index (χ3v) is 2.47. The fraction of sp³-hybridized carbons (Fsp3) is 0.214. The van der Waals surface area contributed by atoms with E-state index in [1.165, 1.54) is 12.1 Å². The van der Waals surface area contributed by atoms with Gasteiger partial charge < -0.3 is 10.1 Å². The Morgan fingerprint density at radius 3 is 2.56 bits per heavy atom. The number of hydrogen-bond donors (Lipinski definition) is 1. The highest BCUT2D eigenvalue weighted by Crippen LogP contribution is 2.12. The lowest BCUT2D eigenvalue weighted by Crippen LogP contribution is -2.06. The summed E-state index contributed by atoms with van der Waals surface area (Å²) < 4.78 is 18.2. The molecule has 0 amide bonds. The molecule has 1 aromatic carbocycles. The minimum atomic E-state index is -0.267. The van der Waals surface area contributed by atoms with Gasteiger partial charge in [-0.2, -0.15) is 0 Å². The van der Waals surface area contributed by atoms with Crippen LogP contribution in [-0.2, 0) is 13.2 Å². The lowest BCUT2D eigenvalue weighted by atomic mass is 10.2. The maximum absolute atomic E-state index is 12.7. The molecule has 0 radical (unpaired) electrons. The maximum Gasteiger partial charge on any atom is 0.130 e. The molecule has 0 aliphatic rings. The molecular formula is C14H15FN2O. The van der Waals surface area contributed by atoms with E-state index in [2.05, 4.69) is 10.3 Å². The molecule has 0 saturated carbocycles. The molecule has 18 heavy (non-hydrogen) atoms. The van der Waals surface area contributed by atoms with E-state index in [-0.39, 0.29) is 5.82 Å². The Morgan fingerprint density at radius 2 is 1.94 bits per heavy atom. The third kappa shape index (κ3) is 3.53. The molecule has 0 spiro atoms. The van der Waals surface area contributed by atoms with Crippen molar-refractivity contribution in [3.63, 3.8) is 0 Å². The summed E-state index contributed by atoms with van der Waals surface area (Å²) in [6, 6.07) is 9.88. The van der Waals surface area contributed by atoms with Crippen molar-refractivity contribution in [2.24, 2.45) is 0 Å². The number of nitrogens with one attached hydrogen (secondary N) is 1. The lowest BCUT2D eigenvalue weighted by Gasteiger charge is -2.06. The van der Waals surface area contributed by atoms with Crippen LogP contribution in [0.15, 0.2) is 42.6 Å². The van der Waals surface area contributed by atoms with Crippen molar-refractivity contribution in [2.45, 2.75) is 13.2 Å². The molecule has 2 aromatic rings. The molecule has 1 heterocycles. The average molecular weight is 246 g/mol. The Kier molecular flexibility index (Phi) is 4.25. The van der Waals surface area contributed by atoms with Crippen molar-refractivity contribution in [1.82, 2.24) is 10.3 Å². The van der Waals surface area contributed by atoms with Crippen molar-refractivity contribution in [2.75, 3.05) is 7.05 Å². The molecule has 0 fully saturated rings. The zero-order valence-corrected chi connectivity index (χ0v) is 10.2. The first-order chi connectivity index (χ1) is 8.78. The molecule has 0 bridgehead atoms. The highest BCUT2D eigenvalue weighted by atomic mass is 19.1. The molecule has 1 N–H and O–H groups in total.